The first-order valence-corrected chi connectivity index (χ1v) is 11.6. The Morgan fingerprint density at radius 3 is 2.45 bits per heavy atom. The standard InChI is InChI=1S/C24H19Cl2N3O3S/c1-14-11-16(15(2)29(14)18-9-7-17(25)8-10-18)12-21-23(31)28(24(32)33-21)13-22(30)27-20-6-4-3-5-19(20)26/h3-12H,13H2,1-2H3,(H,27,30)/b21-12-. The summed E-state index contributed by atoms with van der Waals surface area (Å²) in [6.07, 6.45) is 1.69. The zero-order valence-corrected chi connectivity index (χ0v) is 20.1. The lowest BCUT2D eigenvalue weighted by atomic mass is 10.2. The highest BCUT2D eigenvalue weighted by Gasteiger charge is 2.36. The quantitative estimate of drug-likeness (QED) is 0.432. The highest BCUT2D eigenvalue weighted by atomic mass is 35.5. The van der Waals surface area contributed by atoms with Gasteiger partial charge in [-0.05, 0) is 79.7 Å². The second-order valence-electron chi connectivity index (χ2n) is 7.43. The van der Waals surface area contributed by atoms with Crippen molar-refractivity contribution in [3.63, 3.8) is 0 Å². The molecule has 33 heavy (non-hydrogen) atoms. The number of nitrogens with one attached hydrogen (secondary N) is 1. The van der Waals surface area contributed by atoms with Gasteiger partial charge in [0.2, 0.25) is 5.91 Å². The van der Waals surface area contributed by atoms with E-state index >= 15 is 0 Å². The third-order valence-corrected chi connectivity index (χ3v) is 6.65. The molecule has 4 rings (SSSR count). The summed E-state index contributed by atoms with van der Waals surface area (Å²) in [5, 5.41) is 3.15. The van der Waals surface area contributed by atoms with Gasteiger partial charge in [-0.25, -0.2) is 0 Å². The minimum absolute atomic E-state index is 0.266. The van der Waals surface area contributed by atoms with Crippen molar-refractivity contribution < 1.29 is 14.4 Å². The molecule has 1 fully saturated rings. The third kappa shape index (κ3) is 4.85. The van der Waals surface area contributed by atoms with E-state index in [2.05, 4.69) is 5.32 Å². The number of imide groups is 1. The van der Waals surface area contributed by atoms with Crippen LogP contribution in [0.3, 0.4) is 0 Å². The summed E-state index contributed by atoms with van der Waals surface area (Å²) in [6, 6.07) is 16.2. The van der Waals surface area contributed by atoms with Crippen molar-refractivity contribution in [2.45, 2.75) is 13.8 Å². The number of hydrogen-bond acceptors (Lipinski definition) is 4. The third-order valence-electron chi connectivity index (χ3n) is 5.16. The Morgan fingerprint density at radius 2 is 1.76 bits per heavy atom. The molecule has 0 atom stereocenters. The van der Waals surface area contributed by atoms with Crippen molar-refractivity contribution in [2.75, 3.05) is 11.9 Å². The van der Waals surface area contributed by atoms with Crippen LogP contribution in [0.2, 0.25) is 10.0 Å². The molecule has 9 heteroatoms. The Hall–Kier alpha value is -3.00. The maximum atomic E-state index is 12.9. The van der Waals surface area contributed by atoms with Gasteiger partial charge in [-0.1, -0.05) is 35.3 Å². The van der Waals surface area contributed by atoms with Crippen molar-refractivity contribution in [1.82, 2.24) is 9.47 Å². The molecule has 1 aromatic heterocycles. The van der Waals surface area contributed by atoms with Gasteiger partial charge in [-0.15, -0.1) is 0 Å². The molecule has 0 radical (unpaired) electrons. The number of carbonyl (C=O) groups excluding carboxylic acids is 3. The lowest BCUT2D eigenvalue weighted by Gasteiger charge is -2.13. The Kier molecular flexibility index (Phi) is 6.65. The van der Waals surface area contributed by atoms with E-state index in [1.54, 1.807) is 30.3 Å². The number of anilines is 1. The van der Waals surface area contributed by atoms with Crippen LogP contribution < -0.4 is 5.32 Å². The van der Waals surface area contributed by atoms with Crippen LogP contribution in [0.4, 0.5) is 10.5 Å². The molecule has 1 N–H and O–H groups in total. The van der Waals surface area contributed by atoms with Gasteiger partial charge in [-0.3, -0.25) is 19.3 Å². The predicted molar refractivity (Wildman–Crippen MR) is 133 cm³/mol. The van der Waals surface area contributed by atoms with E-state index < -0.39 is 23.6 Å². The van der Waals surface area contributed by atoms with Gasteiger partial charge in [0.1, 0.15) is 6.54 Å². The largest absolute Gasteiger partial charge is 0.323 e. The first-order chi connectivity index (χ1) is 15.7. The van der Waals surface area contributed by atoms with Gasteiger partial charge in [0.05, 0.1) is 15.6 Å². The van der Waals surface area contributed by atoms with Crippen molar-refractivity contribution in [2.24, 2.45) is 0 Å². The number of para-hydroxylation sites is 1. The number of halogens is 2. The van der Waals surface area contributed by atoms with Crippen molar-refractivity contribution in [3.05, 3.63) is 86.5 Å². The van der Waals surface area contributed by atoms with Crippen LogP contribution in [0.15, 0.2) is 59.5 Å². The summed E-state index contributed by atoms with van der Waals surface area (Å²) in [6.45, 7) is 3.51. The molecule has 2 heterocycles. The molecule has 1 saturated heterocycles. The summed E-state index contributed by atoms with van der Waals surface area (Å²) in [7, 11) is 0. The van der Waals surface area contributed by atoms with Crippen molar-refractivity contribution in [1.29, 1.82) is 0 Å². The fraction of sp³-hybridized carbons (Fsp3) is 0.125. The molecule has 0 bridgehead atoms. The van der Waals surface area contributed by atoms with Crippen molar-refractivity contribution >= 4 is 63.8 Å². The molecule has 1 aliphatic heterocycles. The first-order valence-electron chi connectivity index (χ1n) is 9.99. The van der Waals surface area contributed by atoms with E-state index in [0.717, 1.165) is 39.3 Å². The second kappa shape index (κ2) is 9.47. The van der Waals surface area contributed by atoms with Crippen LogP contribution >= 0.6 is 35.0 Å². The van der Waals surface area contributed by atoms with Crippen molar-refractivity contribution in [3.8, 4) is 5.69 Å². The average molecular weight is 500 g/mol. The molecular weight excluding hydrogens is 481 g/mol. The molecule has 0 aliphatic carbocycles. The van der Waals surface area contributed by atoms with Crippen LogP contribution in [-0.4, -0.2) is 33.1 Å². The number of aryl methyl sites for hydroxylation is 1. The zero-order valence-electron chi connectivity index (χ0n) is 17.8. The van der Waals surface area contributed by atoms with E-state index in [4.69, 9.17) is 23.2 Å². The minimum atomic E-state index is -0.507. The number of rotatable bonds is 5. The Balaban J connectivity index is 1.53. The molecule has 3 amide bonds. The molecule has 168 valence electrons. The van der Waals surface area contributed by atoms with E-state index in [-0.39, 0.29) is 4.91 Å². The summed E-state index contributed by atoms with van der Waals surface area (Å²) in [5.41, 5.74) is 4.06. The van der Waals surface area contributed by atoms with Gasteiger partial charge in [0.15, 0.2) is 0 Å². The topological polar surface area (TPSA) is 71.4 Å². The van der Waals surface area contributed by atoms with Crippen LogP contribution in [0.5, 0.6) is 0 Å². The summed E-state index contributed by atoms with van der Waals surface area (Å²) in [4.78, 5) is 38.9. The lowest BCUT2D eigenvalue weighted by Crippen LogP contribution is -2.36. The fourth-order valence-corrected chi connectivity index (χ4v) is 4.73. The van der Waals surface area contributed by atoms with Crippen LogP contribution in [0.25, 0.3) is 11.8 Å². The number of hydrogen-bond donors (Lipinski definition) is 1. The molecule has 0 saturated carbocycles. The smallest absolute Gasteiger partial charge is 0.294 e. The van der Waals surface area contributed by atoms with Gasteiger partial charge in [0, 0.05) is 22.1 Å². The Morgan fingerprint density at radius 1 is 1.06 bits per heavy atom. The van der Waals surface area contributed by atoms with Gasteiger partial charge >= 0.3 is 0 Å². The normalized spacial score (nSPS) is 14.9. The van der Waals surface area contributed by atoms with E-state index in [9.17, 15) is 14.4 Å². The van der Waals surface area contributed by atoms with Gasteiger partial charge < -0.3 is 9.88 Å². The maximum absolute atomic E-state index is 12.9. The molecule has 3 aromatic rings. The summed E-state index contributed by atoms with van der Waals surface area (Å²) in [5.74, 6) is -1.01. The molecule has 0 unspecified atom stereocenters. The number of nitrogens with zero attached hydrogens (tertiary/aromatic N) is 2. The Bertz CT molecular complexity index is 1300. The summed E-state index contributed by atoms with van der Waals surface area (Å²) >= 11 is 12.9. The molecular formula is C24H19Cl2N3O3S. The van der Waals surface area contributed by atoms with Gasteiger partial charge in [-0.2, -0.15) is 0 Å². The number of benzene rings is 2. The zero-order chi connectivity index (χ0) is 23.7. The Labute approximate surface area is 205 Å². The molecule has 0 spiro atoms. The summed E-state index contributed by atoms with van der Waals surface area (Å²) < 4.78 is 2.05. The second-order valence-corrected chi connectivity index (χ2v) is 9.27. The predicted octanol–water partition coefficient (Wildman–Crippen LogP) is 6.08. The number of amides is 3. The van der Waals surface area contributed by atoms with E-state index in [0.29, 0.717) is 15.7 Å². The molecule has 6 nitrogen and oxygen atoms in total. The average Bonchev–Trinajstić information content (AvgIpc) is 3.20. The van der Waals surface area contributed by atoms with Crippen LogP contribution in [-0.2, 0) is 9.59 Å². The highest BCUT2D eigenvalue weighted by molar-refractivity contribution is 8.18. The number of thioether (sulfide) groups is 1. The van der Waals surface area contributed by atoms with Gasteiger partial charge in [0.25, 0.3) is 11.1 Å². The minimum Gasteiger partial charge on any atom is -0.323 e. The van der Waals surface area contributed by atoms with Crippen LogP contribution in [0, 0.1) is 13.8 Å². The monoisotopic (exact) mass is 499 g/mol. The first kappa shape index (κ1) is 23.2. The van der Waals surface area contributed by atoms with E-state index in [1.807, 2.05) is 48.7 Å². The maximum Gasteiger partial charge on any atom is 0.294 e. The SMILES string of the molecule is Cc1cc(/C=C2\SC(=O)N(CC(=O)Nc3ccccc3Cl)C2=O)c(C)n1-c1ccc(Cl)cc1. The molecule has 2 aromatic carbocycles. The fourth-order valence-electron chi connectivity index (χ4n) is 3.59. The number of aromatic nitrogens is 1. The number of carbonyl (C=O) groups is 3. The lowest BCUT2D eigenvalue weighted by molar-refractivity contribution is -0.127. The highest BCUT2D eigenvalue weighted by Crippen LogP contribution is 2.34. The van der Waals surface area contributed by atoms with Crippen LogP contribution in [0.1, 0.15) is 17.0 Å². The van der Waals surface area contributed by atoms with E-state index in [1.165, 1.54) is 0 Å². The molecule has 1 aliphatic rings.